The largest absolute Gasteiger partial charge is 0.394 e. The highest BCUT2D eigenvalue weighted by Crippen LogP contribution is 2.32. The molecule has 1 aromatic heterocycles. The summed E-state index contributed by atoms with van der Waals surface area (Å²) in [6, 6.07) is 1.91. The Bertz CT molecular complexity index is 447. The Hall–Kier alpha value is -1.40. The van der Waals surface area contributed by atoms with Crippen molar-refractivity contribution >= 4 is 11.6 Å². The summed E-state index contributed by atoms with van der Waals surface area (Å²) in [5.41, 5.74) is -0.235. The molecule has 2 rings (SSSR count). The summed E-state index contributed by atoms with van der Waals surface area (Å²) in [7, 11) is 1.63. The zero-order valence-electron chi connectivity index (χ0n) is 13.0. The van der Waals surface area contributed by atoms with Gasteiger partial charge in [-0.15, -0.1) is 0 Å². The van der Waals surface area contributed by atoms with Crippen molar-refractivity contribution in [3.05, 3.63) is 11.9 Å². The predicted molar refractivity (Wildman–Crippen MR) is 83.4 cm³/mol. The van der Waals surface area contributed by atoms with Gasteiger partial charge in [0.2, 0.25) is 0 Å². The Kier molecular flexibility index (Phi) is 5.76. The van der Waals surface area contributed by atoms with E-state index in [2.05, 4.69) is 27.5 Å². The van der Waals surface area contributed by atoms with Crippen molar-refractivity contribution in [3.8, 4) is 0 Å². The maximum Gasteiger partial charge on any atom is 0.158 e. The first-order valence-corrected chi connectivity index (χ1v) is 7.71. The van der Waals surface area contributed by atoms with Crippen LogP contribution in [0.1, 0.15) is 44.9 Å². The molecule has 1 saturated carbocycles. The molecule has 1 aromatic rings. The third kappa shape index (κ3) is 4.28. The van der Waals surface area contributed by atoms with E-state index in [1.807, 2.05) is 6.07 Å². The molecule has 0 bridgehead atoms. The third-order valence-corrected chi connectivity index (χ3v) is 3.86. The fraction of sp³-hybridized carbons (Fsp3) is 0.733. The molecule has 0 unspecified atom stereocenters. The third-order valence-electron chi connectivity index (χ3n) is 3.86. The number of hydrogen-bond donors (Lipinski definition) is 3. The van der Waals surface area contributed by atoms with Crippen LogP contribution >= 0.6 is 0 Å². The second kappa shape index (κ2) is 7.56. The van der Waals surface area contributed by atoms with Gasteiger partial charge in [0.1, 0.15) is 18.2 Å². The lowest BCUT2D eigenvalue weighted by Gasteiger charge is -2.28. The number of anilines is 2. The van der Waals surface area contributed by atoms with E-state index in [0.29, 0.717) is 12.4 Å². The number of methoxy groups -OCH3 is 1. The number of ether oxygens (including phenoxy) is 1. The molecular formula is C15H26N4O2. The van der Waals surface area contributed by atoms with E-state index >= 15 is 0 Å². The lowest BCUT2D eigenvalue weighted by Crippen LogP contribution is -2.39. The van der Waals surface area contributed by atoms with Crippen molar-refractivity contribution in [2.75, 3.05) is 30.9 Å². The molecule has 0 aliphatic heterocycles. The van der Waals surface area contributed by atoms with E-state index < -0.39 is 0 Å². The Balaban J connectivity index is 2.18. The number of aromatic nitrogens is 2. The van der Waals surface area contributed by atoms with Gasteiger partial charge in [0.05, 0.1) is 12.1 Å². The SMILES string of the molecule is CCCNc1cc(NC2(CO)CCCC2)nc(COC)n1. The molecule has 0 aromatic carbocycles. The molecular weight excluding hydrogens is 268 g/mol. The normalized spacial score (nSPS) is 16.9. The van der Waals surface area contributed by atoms with Gasteiger partial charge in [-0.2, -0.15) is 0 Å². The second-order valence-corrected chi connectivity index (χ2v) is 5.68. The zero-order valence-corrected chi connectivity index (χ0v) is 13.0. The van der Waals surface area contributed by atoms with Crippen LogP contribution in [0.3, 0.4) is 0 Å². The van der Waals surface area contributed by atoms with Gasteiger partial charge in [0, 0.05) is 19.7 Å². The van der Waals surface area contributed by atoms with Crippen molar-refractivity contribution in [3.63, 3.8) is 0 Å². The van der Waals surface area contributed by atoms with Gasteiger partial charge >= 0.3 is 0 Å². The first-order chi connectivity index (χ1) is 10.2. The molecule has 1 aliphatic carbocycles. The molecule has 118 valence electrons. The van der Waals surface area contributed by atoms with Crippen LogP contribution in [0, 0.1) is 0 Å². The van der Waals surface area contributed by atoms with Crippen LogP contribution in [0.4, 0.5) is 11.6 Å². The standard InChI is InChI=1S/C15H26N4O2/c1-3-8-16-12-9-13(18-14(17-12)10-21-2)19-15(11-20)6-4-5-7-15/h9,20H,3-8,10-11H2,1-2H3,(H2,16,17,18,19). The van der Waals surface area contributed by atoms with E-state index in [1.54, 1.807) is 7.11 Å². The summed E-state index contributed by atoms with van der Waals surface area (Å²) in [6.45, 7) is 3.49. The summed E-state index contributed by atoms with van der Waals surface area (Å²) in [4.78, 5) is 8.92. The Labute approximate surface area is 126 Å². The van der Waals surface area contributed by atoms with Gasteiger partial charge in [-0.1, -0.05) is 19.8 Å². The molecule has 1 aliphatic rings. The van der Waals surface area contributed by atoms with E-state index in [0.717, 1.165) is 50.3 Å². The maximum atomic E-state index is 9.72. The molecule has 0 spiro atoms. The highest BCUT2D eigenvalue weighted by Gasteiger charge is 2.33. The van der Waals surface area contributed by atoms with Gasteiger partial charge in [0.15, 0.2) is 5.82 Å². The van der Waals surface area contributed by atoms with Crippen molar-refractivity contribution in [2.24, 2.45) is 0 Å². The Morgan fingerprint density at radius 3 is 2.62 bits per heavy atom. The minimum atomic E-state index is -0.235. The minimum Gasteiger partial charge on any atom is -0.394 e. The van der Waals surface area contributed by atoms with Gasteiger partial charge in [-0.05, 0) is 19.3 Å². The smallest absolute Gasteiger partial charge is 0.158 e. The van der Waals surface area contributed by atoms with Crippen molar-refractivity contribution in [1.82, 2.24) is 9.97 Å². The van der Waals surface area contributed by atoms with Crippen LogP contribution in [0.5, 0.6) is 0 Å². The lowest BCUT2D eigenvalue weighted by atomic mass is 9.99. The van der Waals surface area contributed by atoms with E-state index in [1.165, 1.54) is 0 Å². The van der Waals surface area contributed by atoms with Crippen LogP contribution in [0.25, 0.3) is 0 Å². The van der Waals surface area contributed by atoms with Crippen molar-refractivity contribution in [1.29, 1.82) is 0 Å². The maximum absolute atomic E-state index is 9.72. The Morgan fingerprint density at radius 1 is 1.29 bits per heavy atom. The average Bonchev–Trinajstić information content (AvgIpc) is 2.94. The number of aliphatic hydroxyl groups excluding tert-OH is 1. The van der Waals surface area contributed by atoms with Crippen LogP contribution in [-0.4, -0.2) is 40.9 Å². The minimum absolute atomic E-state index is 0.133. The van der Waals surface area contributed by atoms with E-state index in [-0.39, 0.29) is 12.1 Å². The lowest BCUT2D eigenvalue weighted by molar-refractivity contribution is 0.178. The first-order valence-electron chi connectivity index (χ1n) is 7.71. The number of nitrogens with zero attached hydrogens (tertiary/aromatic N) is 2. The molecule has 3 N–H and O–H groups in total. The summed E-state index contributed by atoms with van der Waals surface area (Å²) < 4.78 is 5.13. The monoisotopic (exact) mass is 294 g/mol. The number of aliphatic hydroxyl groups is 1. The fourth-order valence-electron chi connectivity index (χ4n) is 2.74. The molecule has 0 atom stereocenters. The highest BCUT2D eigenvalue weighted by molar-refractivity contribution is 5.49. The molecule has 6 heteroatoms. The predicted octanol–water partition coefficient (Wildman–Crippen LogP) is 2.16. The Morgan fingerprint density at radius 2 is 2.00 bits per heavy atom. The quantitative estimate of drug-likeness (QED) is 0.682. The zero-order chi connectivity index (χ0) is 15.1. The molecule has 21 heavy (non-hydrogen) atoms. The fourth-order valence-corrected chi connectivity index (χ4v) is 2.74. The molecule has 0 radical (unpaired) electrons. The van der Waals surface area contributed by atoms with Gasteiger partial charge in [0.25, 0.3) is 0 Å². The topological polar surface area (TPSA) is 79.3 Å². The van der Waals surface area contributed by atoms with Crippen molar-refractivity contribution < 1.29 is 9.84 Å². The highest BCUT2D eigenvalue weighted by atomic mass is 16.5. The number of nitrogens with one attached hydrogen (secondary N) is 2. The number of hydrogen-bond acceptors (Lipinski definition) is 6. The van der Waals surface area contributed by atoms with Crippen LogP contribution < -0.4 is 10.6 Å². The molecule has 0 amide bonds. The van der Waals surface area contributed by atoms with Crippen LogP contribution in [0.15, 0.2) is 6.07 Å². The van der Waals surface area contributed by atoms with E-state index in [9.17, 15) is 5.11 Å². The van der Waals surface area contributed by atoms with Gasteiger partial charge in [-0.3, -0.25) is 0 Å². The molecule has 0 saturated heterocycles. The summed E-state index contributed by atoms with van der Waals surface area (Å²) >= 11 is 0. The van der Waals surface area contributed by atoms with Gasteiger partial charge in [-0.25, -0.2) is 9.97 Å². The second-order valence-electron chi connectivity index (χ2n) is 5.68. The average molecular weight is 294 g/mol. The van der Waals surface area contributed by atoms with Crippen LogP contribution in [-0.2, 0) is 11.3 Å². The van der Waals surface area contributed by atoms with Gasteiger partial charge < -0.3 is 20.5 Å². The summed E-state index contributed by atoms with van der Waals surface area (Å²) in [5.74, 6) is 2.20. The van der Waals surface area contributed by atoms with Crippen molar-refractivity contribution in [2.45, 2.75) is 51.2 Å². The summed E-state index contributed by atoms with van der Waals surface area (Å²) in [6.07, 6.45) is 5.28. The van der Waals surface area contributed by atoms with Crippen LogP contribution in [0.2, 0.25) is 0 Å². The summed E-state index contributed by atoms with van der Waals surface area (Å²) in [5, 5.41) is 16.4. The van der Waals surface area contributed by atoms with E-state index in [4.69, 9.17) is 4.74 Å². The molecule has 6 nitrogen and oxygen atoms in total. The first kappa shape index (κ1) is 16.0. The molecule has 1 fully saturated rings. The molecule has 1 heterocycles. The number of rotatable bonds is 8.